The summed E-state index contributed by atoms with van der Waals surface area (Å²) in [6.45, 7) is -0.288. The summed E-state index contributed by atoms with van der Waals surface area (Å²) in [4.78, 5) is 34.8. The molecule has 3 aromatic rings. The van der Waals surface area contributed by atoms with Crippen molar-refractivity contribution in [3.8, 4) is 5.75 Å². The number of nitrogens with zero attached hydrogens (tertiary/aromatic N) is 2. The molecular weight excluding hydrogens is 596 g/mol. The van der Waals surface area contributed by atoms with Crippen molar-refractivity contribution in [3.63, 3.8) is 0 Å². The van der Waals surface area contributed by atoms with Crippen molar-refractivity contribution in [2.24, 2.45) is 5.10 Å². The Bertz CT molecular complexity index is 1270. The van der Waals surface area contributed by atoms with Crippen LogP contribution in [0.2, 0.25) is 5.02 Å². The van der Waals surface area contributed by atoms with Crippen LogP contribution < -0.4 is 15.5 Å². The van der Waals surface area contributed by atoms with Gasteiger partial charge in [0.15, 0.2) is 6.61 Å². The number of ether oxygens (including phenoxy) is 1. The molecule has 0 unspecified atom stereocenters. The number of hydrogen-bond donors (Lipinski definition) is 2. The maximum atomic E-state index is 12.3. The maximum absolute atomic E-state index is 12.3. The zero-order chi connectivity index (χ0) is 24.7. The molecule has 0 bridgehead atoms. The lowest BCUT2D eigenvalue weighted by atomic mass is 10.2. The molecule has 0 fully saturated rings. The quantitative estimate of drug-likeness (QED) is 0.197. The number of hydrogen-bond acceptors (Lipinski definition) is 6. The predicted octanol–water partition coefficient (Wildman–Crippen LogP) is 5.55. The second-order valence-corrected chi connectivity index (χ2v) is 8.86. The molecule has 9 nitrogen and oxygen atoms in total. The number of rotatable bonds is 8. The lowest BCUT2D eigenvalue weighted by Gasteiger charge is -2.12. The van der Waals surface area contributed by atoms with Gasteiger partial charge in [0.05, 0.1) is 15.6 Å². The van der Waals surface area contributed by atoms with Gasteiger partial charge >= 0.3 is 0 Å². The number of nitro groups is 1. The highest BCUT2D eigenvalue weighted by Crippen LogP contribution is 2.32. The minimum atomic E-state index is -0.626. The van der Waals surface area contributed by atoms with Gasteiger partial charge in [0.25, 0.3) is 17.5 Å². The summed E-state index contributed by atoms with van der Waals surface area (Å²) in [5, 5.41) is 18.0. The molecule has 0 aliphatic rings. The van der Waals surface area contributed by atoms with E-state index in [9.17, 15) is 19.7 Å². The Labute approximate surface area is 215 Å². The molecule has 174 valence electrons. The number of nitrogens with one attached hydrogen (secondary N) is 2. The molecule has 12 heteroatoms. The van der Waals surface area contributed by atoms with Crippen molar-refractivity contribution in [2.75, 3.05) is 11.9 Å². The third kappa shape index (κ3) is 7.11. The third-order valence-corrected chi connectivity index (χ3v) is 5.50. The number of carbonyl (C=O) groups excluding carboxylic acids is 2. The lowest BCUT2D eigenvalue weighted by molar-refractivity contribution is -0.384. The normalized spacial score (nSPS) is 10.7. The van der Waals surface area contributed by atoms with Crippen LogP contribution in [0.5, 0.6) is 5.75 Å². The Balaban J connectivity index is 1.68. The molecule has 0 aliphatic carbocycles. The Hall–Kier alpha value is -3.28. The molecule has 0 saturated carbocycles. The maximum Gasteiger partial charge on any atom is 0.271 e. The average molecular weight is 611 g/mol. The van der Waals surface area contributed by atoms with Gasteiger partial charge in [0, 0.05) is 38.4 Å². The molecule has 0 radical (unpaired) electrons. The van der Waals surface area contributed by atoms with E-state index in [-0.39, 0.29) is 23.8 Å². The number of benzene rings is 3. The zero-order valence-electron chi connectivity index (χ0n) is 17.1. The predicted molar refractivity (Wildman–Crippen MR) is 136 cm³/mol. The van der Waals surface area contributed by atoms with Crippen LogP contribution in [0.3, 0.4) is 0 Å². The highest BCUT2D eigenvalue weighted by atomic mass is 79.9. The molecule has 3 aromatic carbocycles. The lowest BCUT2D eigenvalue weighted by Crippen LogP contribution is -2.21. The SMILES string of the molecule is O=C(COc1c(Br)cc(Br)cc1/C=N/NC(=O)c1cccc([N+](=O)[O-])c1)Nc1ccc(Cl)cc1. The molecule has 0 heterocycles. The second kappa shape index (κ2) is 11.7. The van der Waals surface area contributed by atoms with Gasteiger partial charge < -0.3 is 10.1 Å². The van der Waals surface area contributed by atoms with E-state index in [4.69, 9.17) is 16.3 Å². The van der Waals surface area contributed by atoms with Gasteiger partial charge in [0.2, 0.25) is 0 Å². The summed E-state index contributed by atoms with van der Waals surface area (Å²) in [6.07, 6.45) is 1.33. The molecular formula is C22H15Br2ClN4O5. The van der Waals surface area contributed by atoms with Crippen LogP contribution in [-0.4, -0.2) is 29.6 Å². The molecule has 2 N–H and O–H groups in total. The first-order valence-electron chi connectivity index (χ1n) is 9.48. The van der Waals surface area contributed by atoms with Gasteiger partial charge in [-0.3, -0.25) is 19.7 Å². The van der Waals surface area contributed by atoms with Crippen molar-refractivity contribution in [1.82, 2.24) is 5.43 Å². The van der Waals surface area contributed by atoms with Crippen LogP contribution in [0.25, 0.3) is 0 Å². The molecule has 3 rings (SSSR count). The van der Waals surface area contributed by atoms with Crippen LogP contribution in [0.4, 0.5) is 11.4 Å². The number of halogens is 3. The van der Waals surface area contributed by atoms with Crippen molar-refractivity contribution in [2.45, 2.75) is 0 Å². The Morgan fingerprint density at radius 3 is 2.56 bits per heavy atom. The van der Waals surface area contributed by atoms with Crippen molar-refractivity contribution < 1.29 is 19.2 Å². The van der Waals surface area contributed by atoms with E-state index in [0.29, 0.717) is 31.0 Å². The number of anilines is 1. The first-order valence-corrected chi connectivity index (χ1v) is 11.4. The Kier molecular flexibility index (Phi) is 8.74. The highest BCUT2D eigenvalue weighted by Gasteiger charge is 2.13. The number of amides is 2. The molecule has 0 spiro atoms. The summed E-state index contributed by atoms with van der Waals surface area (Å²) < 4.78 is 6.93. The monoisotopic (exact) mass is 608 g/mol. The minimum absolute atomic E-state index is 0.0807. The summed E-state index contributed by atoms with van der Waals surface area (Å²) in [7, 11) is 0. The third-order valence-electron chi connectivity index (χ3n) is 4.20. The minimum Gasteiger partial charge on any atom is -0.482 e. The zero-order valence-corrected chi connectivity index (χ0v) is 21.1. The van der Waals surface area contributed by atoms with E-state index in [0.717, 1.165) is 6.07 Å². The van der Waals surface area contributed by atoms with Crippen molar-refractivity contribution in [1.29, 1.82) is 0 Å². The fourth-order valence-electron chi connectivity index (χ4n) is 2.68. The molecule has 34 heavy (non-hydrogen) atoms. The van der Waals surface area contributed by atoms with Crippen LogP contribution >= 0.6 is 43.5 Å². The van der Waals surface area contributed by atoms with E-state index < -0.39 is 10.8 Å². The Morgan fingerprint density at radius 2 is 1.85 bits per heavy atom. The molecule has 0 atom stereocenters. The van der Waals surface area contributed by atoms with E-state index in [2.05, 4.69) is 47.7 Å². The molecule has 0 saturated heterocycles. The number of carbonyl (C=O) groups is 2. The first-order chi connectivity index (χ1) is 16.2. The van der Waals surface area contributed by atoms with E-state index in [1.807, 2.05) is 0 Å². The summed E-state index contributed by atoms with van der Waals surface area (Å²) >= 11 is 12.6. The van der Waals surface area contributed by atoms with Crippen LogP contribution in [0, 0.1) is 10.1 Å². The largest absolute Gasteiger partial charge is 0.482 e. The molecule has 0 aliphatic heterocycles. The summed E-state index contributed by atoms with van der Waals surface area (Å²) in [5.41, 5.74) is 3.21. The van der Waals surface area contributed by atoms with Gasteiger partial charge in [0.1, 0.15) is 5.75 Å². The topological polar surface area (TPSA) is 123 Å². The average Bonchev–Trinajstić information content (AvgIpc) is 2.80. The van der Waals surface area contributed by atoms with Crippen molar-refractivity contribution in [3.05, 3.63) is 95.9 Å². The summed E-state index contributed by atoms with van der Waals surface area (Å²) in [6, 6.07) is 15.3. The van der Waals surface area contributed by atoms with E-state index in [1.165, 1.54) is 24.4 Å². The van der Waals surface area contributed by atoms with E-state index in [1.54, 1.807) is 36.4 Å². The van der Waals surface area contributed by atoms with Gasteiger partial charge in [-0.2, -0.15) is 5.10 Å². The number of non-ortho nitro benzene ring substituents is 1. The fourth-order valence-corrected chi connectivity index (χ4v) is 4.18. The van der Waals surface area contributed by atoms with Gasteiger partial charge in [-0.25, -0.2) is 5.43 Å². The van der Waals surface area contributed by atoms with Gasteiger partial charge in [-0.15, -0.1) is 0 Å². The van der Waals surface area contributed by atoms with Crippen LogP contribution in [-0.2, 0) is 4.79 Å². The van der Waals surface area contributed by atoms with Crippen LogP contribution in [0.15, 0.2) is 74.7 Å². The fraction of sp³-hybridized carbons (Fsp3) is 0.0455. The van der Waals surface area contributed by atoms with Gasteiger partial charge in [-0.05, 0) is 58.4 Å². The summed E-state index contributed by atoms with van der Waals surface area (Å²) in [5.74, 6) is -0.694. The van der Waals surface area contributed by atoms with Crippen LogP contribution in [0.1, 0.15) is 15.9 Å². The molecule has 2 amide bonds. The van der Waals surface area contributed by atoms with Gasteiger partial charge in [-0.1, -0.05) is 33.6 Å². The number of nitro benzene ring substituents is 1. The standard InChI is InChI=1S/C22H15Br2ClN4O5/c23-15-8-14(11-26-28-22(31)13-2-1-3-18(9-13)29(32)33)21(19(24)10-15)34-12-20(30)27-17-6-4-16(25)5-7-17/h1-11H,12H2,(H,27,30)(H,28,31)/b26-11+. The highest BCUT2D eigenvalue weighted by molar-refractivity contribution is 9.11. The second-order valence-electron chi connectivity index (χ2n) is 6.66. The smallest absolute Gasteiger partial charge is 0.271 e. The Morgan fingerprint density at radius 1 is 1.12 bits per heavy atom. The molecule has 0 aromatic heterocycles. The van der Waals surface area contributed by atoms with Crippen molar-refractivity contribution >= 4 is 72.9 Å². The van der Waals surface area contributed by atoms with E-state index >= 15 is 0 Å². The number of hydrazone groups is 1. The first kappa shape index (κ1) is 25.3.